The van der Waals surface area contributed by atoms with Gasteiger partial charge in [-0.25, -0.2) is 0 Å². The summed E-state index contributed by atoms with van der Waals surface area (Å²) in [6, 6.07) is -3.82. The predicted molar refractivity (Wildman–Crippen MR) is 122 cm³/mol. The molecule has 0 aliphatic heterocycles. The van der Waals surface area contributed by atoms with Crippen LogP contribution in [0.25, 0.3) is 0 Å². The first-order valence-electron chi connectivity index (χ1n) is 10.4. The molecule has 4 amide bonds. The van der Waals surface area contributed by atoms with Gasteiger partial charge in [-0.2, -0.15) is 11.8 Å². The van der Waals surface area contributed by atoms with E-state index in [1.54, 1.807) is 11.8 Å². The fourth-order valence-corrected chi connectivity index (χ4v) is 2.95. The Morgan fingerprint density at radius 1 is 0.906 bits per heavy atom. The number of carboxylic acids is 1. The van der Waals surface area contributed by atoms with Crippen LogP contribution in [0.1, 0.15) is 39.5 Å². The highest BCUT2D eigenvalue weighted by Crippen LogP contribution is 2.02. The number of carbonyl (C=O) groups excluding carboxylic acids is 4. The van der Waals surface area contributed by atoms with E-state index in [0.717, 1.165) is 0 Å². The average molecular weight is 477 g/mol. The van der Waals surface area contributed by atoms with Crippen LogP contribution >= 0.6 is 11.8 Å². The Bertz CT molecular complexity index is 650. The minimum absolute atomic E-state index is 0.274. The third kappa shape index (κ3) is 12.5. The summed E-state index contributed by atoms with van der Waals surface area (Å²) in [6.07, 6.45) is 3.82. The maximum atomic E-state index is 12.6. The van der Waals surface area contributed by atoms with Crippen molar-refractivity contribution in [2.24, 2.45) is 11.5 Å². The number of nitrogens with one attached hydrogen (secondary N) is 4. The molecule has 0 aromatic rings. The maximum Gasteiger partial charge on any atom is 0.325 e. The summed E-state index contributed by atoms with van der Waals surface area (Å²) in [5, 5.41) is 18.6. The molecule has 184 valence electrons. The van der Waals surface area contributed by atoms with Crippen LogP contribution in [0.2, 0.25) is 0 Å². The van der Waals surface area contributed by atoms with Crippen LogP contribution in [0.15, 0.2) is 0 Å². The Morgan fingerprint density at radius 2 is 1.53 bits per heavy atom. The van der Waals surface area contributed by atoms with Crippen molar-refractivity contribution in [1.82, 2.24) is 21.3 Å². The van der Waals surface area contributed by atoms with Crippen molar-refractivity contribution >= 4 is 41.4 Å². The number of amides is 4. The van der Waals surface area contributed by atoms with Crippen molar-refractivity contribution in [3.05, 3.63) is 0 Å². The Morgan fingerprint density at radius 3 is 2.09 bits per heavy atom. The number of carbonyl (C=O) groups is 5. The van der Waals surface area contributed by atoms with E-state index in [1.807, 2.05) is 6.26 Å². The van der Waals surface area contributed by atoms with E-state index < -0.39 is 53.8 Å². The number of hydrogen-bond donors (Lipinski definition) is 7. The first-order valence-corrected chi connectivity index (χ1v) is 11.8. The minimum atomic E-state index is -1.21. The molecule has 32 heavy (non-hydrogen) atoms. The highest BCUT2D eigenvalue weighted by Gasteiger charge is 2.26. The van der Waals surface area contributed by atoms with Gasteiger partial charge in [-0.3, -0.25) is 24.0 Å². The highest BCUT2D eigenvalue weighted by molar-refractivity contribution is 7.98. The second-order valence-corrected chi connectivity index (χ2v) is 8.29. The lowest BCUT2D eigenvalue weighted by Gasteiger charge is -2.22. The molecule has 0 radical (unpaired) electrons. The molecule has 0 aromatic heterocycles. The molecule has 0 rings (SSSR count). The van der Waals surface area contributed by atoms with Gasteiger partial charge in [0.1, 0.15) is 18.1 Å². The van der Waals surface area contributed by atoms with Crippen LogP contribution in [0.4, 0.5) is 0 Å². The minimum Gasteiger partial charge on any atom is -0.480 e. The Hall–Kier alpha value is -2.38. The number of unbranched alkanes of at least 4 members (excludes halogenated alkanes) is 1. The van der Waals surface area contributed by atoms with Crippen molar-refractivity contribution in [2.45, 2.75) is 63.7 Å². The predicted octanol–water partition coefficient (Wildman–Crippen LogP) is -2.11. The number of thioether (sulfide) groups is 1. The number of aliphatic carboxylic acids is 1. The van der Waals surface area contributed by atoms with Gasteiger partial charge in [-0.05, 0) is 58.1 Å². The number of nitrogens with two attached hydrogens (primary N) is 2. The van der Waals surface area contributed by atoms with Gasteiger partial charge in [0, 0.05) is 0 Å². The number of carboxylic acid groups (broad SMARTS) is 1. The summed E-state index contributed by atoms with van der Waals surface area (Å²) >= 11 is 1.55. The third-order valence-corrected chi connectivity index (χ3v) is 5.12. The maximum absolute atomic E-state index is 12.6. The molecule has 0 fully saturated rings. The molecule has 0 aliphatic carbocycles. The van der Waals surface area contributed by atoms with Gasteiger partial charge < -0.3 is 37.8 Å². The van der Waals surface area contributed by atoms with E-state index in [-0.39, 0.29) is 13.0 Å². The molecule has 0 aliphatic rings. The molecule has 12 nitrogen and oxygen atoms in total. The summed E-state index contributed by atoms with van der Waals surface area (Å²) < 4.78 is 0. The monoisotopic (exact) mass is 476 g/mol. The fourth-order valence-electron chi connectivity index (χ4n) is 2.46. The van der Waals surface area contributed by atoms with Crippen LogP contribution < -0.4 is 32.7 Å². The summed E-state index contributed by atoms with van der Waals surface area (Å²) in [4.78, 5) is 59.7. The molecule has 9 N–H and O–H groups in total. The lowest BCUT2D eigenvalue weighted by Crippen LogP contribution is -2.55. The Balaban J connectivity index is 4.84. The van der Waals surface area contributed by atoms with Crippen molar-refractivity contribution in [3.8, 4) is 0 Å². The van der Waals surface area contributed by atoms with Crippen molar-refractivity contribution in [3.63, 3.8) is 0 Å². The van der Waals surface area contributed by atoms with Gasteiger partial charge in [-0.1, -0.05) is 0 Å². The fraction of sp³-hybridized carbons (Fsp3) is 0.737. The molecule has 0 saturated carbocycles. The van der Waals surface area contributed by atoms with Crippen molar-refractivity contribution in [2.75, 3.05) is 25.1 Å². The zero-order valence-corrected chi connectivity index (χ0v) is 19.6. The lowest BCUT2D eigenvalue weighted by molar-refractivity contribution is -0.141. The van der Waals surface area contributed by atoms with E-state index in [2.05, 4.69) is 21.3 Å². The van der Waals surface area contributed by atoms with Crippen molar-refractivity contribution < 1.29 is 29.1 Å². The van der Waals surface area contributed by atoms with E-state index in [0.29, 0.717) is 31.6 Å². The number of hydrogen-bond acceptors (Lipinski definition) is 8. The van der Waals surface area contributed by atoms with Gasteiger partial charge in [0.2, 0.25) is 23.6 Å². The molecule has 4 atom stereocenters. The Labute approximate surface area is 192 Å². The highest BCUT2D eigenvalue weighted by atomic mass is 32.2. The second kappa shape index (κ2) is 16.3. The van der Waals surface area contributed by atoms with E-state index in [1.165, 1.54) is 13.8 Å². The molecular formula is C19H36N6O6S. The summed E-state index contributed by atoms with van der Waals surface area (Å²) in [6.45, 7) is 2.76. The summed E-state index contributed by atoms with van der Waals surface area (Å²) in [7, 11) is 0. The van der Waals surface area contributed by atoms with Crippen LogP contribution in [-0.4, -0.2) is 84.0 Å². The molecule has 0 unspecified atom stereocenters. The third-order valence-electron chi connectivity index (χ3n) is 4.47. The van der Waals surface area contributed by atoms with E-state index in [9.17, 15) is 24.0 Å². The largest absolute Gasteiger partial charge is 0.480 e. The van der Waals surface area contributed by atoms with Gasteiger partial charge in [0.05, 0.1) is 12.6 Å². The summed E-state index contributed by atoms with van der Waals surface area (Å²) in [5.41, 5.74) is 11.2. The standard InChI is InChI=1S/C19H36N6O6S/c1-11(16(27)24-12(2)19(30)31)23-18(29)14(6-4-5-8-20)25-15(26)10-22-17(28)13(21)7-9-32-3/h11-14H,4-10,20-21H2,1-3H3,(H,22,28)(H,23,29)(H,24,27)(H,25,26)(H,30,31)/t11-,12-,13-,14-/m0/s1. The summed E-state index contributed by atoms with van der Waals surface area (Å²) in [5.74, 6) is -2.83. The normalized spacial score (nSPS) is 14.4. The van der Waals surface area contributed by atoms with Crippen LogP contribution in [0.3, 0.4) is 0 Å². The van der Waals surface area contributed by atoms with E-state index in [4.69, 9.17) is 16.6 Å². The van der Waals surface area contributed by atoms with Gasteiger partial charge >= 0.3 is 5.97 Å². The zero-order chi connectivity index (χ0) is 24.7. The van der Waals surface area contributed by atoms with Crippen LogP contribution in [0, 0.1) is 0 Å². The SMILES string of the molecule is CSCC[C@H](N)C(=O)NCC(=O)N[C@@H](CCCCN)C(=O)N[C@@H](C)C(=O)N[C@@H](C)C(=O)O. The molecule has 0 aromatic carbocycles. The zero-order valence-electron chi connectivity index (χ0n) is 18.8. The van der Waals surface area contributed by atoms with Crippen molar-refractivity contribution in [1.29, 1.82) is 0 Å². The quantitative estimate of drug-likeness (QED) is 0.121. The molecule has 13 heteroatoms. The van der Waals surface area contributed by atoms with Gasteiger partial charge in [0.25, 0.3) is 0 Å². The molecular weight excluding hydrogens is 440 g/mol. The topological polar surface area (TPSA) is 206 Å². The number of rotatable bonds is 16. The molecule has 0 bridgehead atoms. The smallest absolute Gasteiger partial charge is 0.325 e. The van der Waals surface area contributed by atoms with Crippen LogP contribution in [-0.2, 0) is 24.0 Å². The first kappa shape index (κ1) is 29.6. The first-order chi connectivity index (χ1) is 15.0. The Kier molecular flexibility index (Phi) is 15.1. The van der Waals surface area contributed by atoms with Gasteiger partial charge in [-0.15, -0.1) is 0 Å². The van der Waals surface area contributed by atoms with E-state index >= 15 is 0 Å². The molecule has 0 saturated heterocycles. The van der Waals surface area contributed by atoms with Crippen LogP contribution in [0.5, 0.6) is 0 Å². The van der Waals surface area contributed by atoms with Gasteiger partial charge in [0.15, 0.2) is 0 Å². The lowest BCUT2D eigenvalue weighted by atomic mass is 10.1. The molecule has 0 spiro atoms. The molecule has 0 heterocycles. The average Bonchev–Trinajstić information content (AvgIpc) is 2.74. The second-order valence-electron chi connectivity index (χ2n) is 7.31.